The molecule has 2 aromatic rings. The van der Waals surface area contributed by atoms with Crippen molar-refractivity contribution in [3.05, 3.63) is 52.6 Å². The summed E-state index contributed by atoms with van der Waals surface area (Å²) in [6.45, 7) is 3.34. The van der Waals surface area contributed by atoms with Gasteiger partial charge in [0.2, 0.25) is 5.88 Å². The van der Waals surface area contributed by atoms with Gasteiger partial charge in [0, 0.05) is 23.3 Å². The number of nitrogens with zero attached hydrogens (tertiary/aromatic N) is 2. The number of carbonyl (C=O) groups is 1. The molecule has 0 radical (unpaired) electrons. The van der Waals surface area contributed by atoms with E-state index in [2.05, 4.69) is 27.8 Å². The number of pyridine rings is 1. The maximum Gasteiger partial charge on any atom is 0.259 e. The fraction of sp³-hybridized carbons (Fsp3) is 0.333. The summed E-state index contributed by atoms with van der Waals surface area (Å²) in [4.78, 5) is 19.1. The molecule has 0 bridgehead atoms. The summed E-state index contributed by atoms with van der Waals surface area (Å²) in [6, 6.07) is 11.1. The number of nitrogens with two attached hydrogens (primary N) is 1. The second kappa shape index (κ2) is 10.1. The summed E-state index contributed by atoms with van der Waals surface area (Å²) in [6.07, 6.45) is 2.56. The molecule has 2 unspecified atom stereocenters. The molecule has 142 valence electrons. The van der Waals surface area contributed by atoms with Gasteiger partial charge in [0.25, 0.3) is 5.91 Å². The Hall–Kier alpha value is -1.34. The maximum absolute atomic E-state index is 12.9. The van der Waals surface area contributed by atoms with E-state index in [1.54, 1.807) is 18.3 Å². The van der Waals surface area contributed by atoms with E-state index < -0.39 is 0 Å². The average molecular weight is 463 g/mol. The van der Waals surface area contributed by atoms with E-state index in [9.17, 15) is 4.79 Å². The van der Waals surface area contributed by atoms with Crippen molar-refractivity contribution in [2.45, 2.75) is 19.4 Å². The van der Waals surface area contributed by atoms with Crippen LogP contribution in [0.4, 0.5) is 0 Å². The molecule has 0 aliphatic carbocycles. The van der Waals surface area contributed by atoms with Crippen molar-refractivity contribution >= 4 is 46.7 Å². The van der Waals surface area contributed by atoms with Crippen molar-refractivity contribution in [2.75, 3.05) is 13.1 Å². The van der Waals surface area contributed by atoms with Gasteiger partial charge >= 0.3 is 0 Å². The second-order valence-electron chi connectivity index (χ2n) is 6.06. The van der Waals surface area contributed by atoms with Crippen molar-refractivity contribution < 1.29 is 9.53 Å². The standard InChI is InChI=1S/C18H20BrN3O2.2ClH/c1-12-9-13(10-20)11-22(12)18(23)16-3-2-8-21-17(16)24-15-6-4-14(19)5-7-15;;/h2-8,12-13H,9-11,20H2,1H3;2*1H. The summed E-state index contributed by atoms with van der Waals surface area (Å²) in [5, 5.41) is 0. The zero-order valence-corrected chi connectivity index (χ0v) is 17.5. The summed E-state index contributed by atoms with van der Waals surface area (Å²) in [5.41, 5.74) is 6.24. The number of likely N-dealkylation sites (tertiary alicyclic amines) is 1. The van der Waals surface area contributed by atoms with Gasteiger partial charge in [-0.25, -0.2) is 4.98 Å². The van der Waals surface area contributed by atoms with Crippen LogP contribution in [-0.4, -0.2) is 34.9 Å². The minimum absolute atomic E-state index is 0. The normalized spacial score (nSPS) is 18.7. The third-order valence-electron chi connectivity index (χ3n) is 4.29. The second-order valence-corrected chi connectivity index (χ2v) is 6.97. The molecule has 1 aromatic heterocycles. The fourth-order valence-electron chi connectivity index (χ4n) is 3.00. The third-order valence-corrected chi connectivity index (χ3v) is 4.81. The fourth-order valence-corrected chi connectivity index (χ4v) is 3.26. The number of benzene rings is 1. The Bertz CT molecular complexity index is 731. The number of amides is 1. The molecule has 2 N–H and O–H groups in total. The van der Waals surface area contributed by atoms with E-state index in [1.807, 2.05) is 29.2 Å². The van der Waals surface area contributed by atoms with Gasteiger partial charge in [-0.05, 0) is 62.2 Å². The minimum atomic E-state index is -0.0568. The zero-order chi connectivity index (χ0) is 17.1. The number of halogens is 3. The van der Waals surface area contributed by atoms with Crippen LogP contribution >= 0.6 is 40.7 Å². The highest BCUT2D eigenvalue weighted by Gasteiger charge is 2.33. The Morgan fingerprint density at radius 2 is 2.00 bits per heavy atom. The SMILES string of the molecule is CC1CC(CN)CN1C(=O)c1cccnc1Oc1ccc(Br)cc1.Cl.Cl. The van der Waals surface area contributed by atoms with Crippen molar-refractivity contribution in [2.24, 2.45) is 11.7 Å². The molecule has 1 aliphatic rings. The first kappa shape index (κ1) is 22.7. The van der Waals surface area contributed by atoms with Gasteiger partial charge in [-0.15, -0.1) is 24.8 Å². The molecule has 1 saturated heterocycles. The Morgan fingerprint density at radius 3 is 2.62 bits per heavy atom. The molecule has 2 atom stereocenters. The number of hydrogen-bond donors (Lipinski definition) is 1. The topological polar surface area (TPSA) is 68.5 Å². The number of rotatable bonds is 4. The van der Waals surface area contributed by atoms with Crippen LogP contribution in [0.2, 0.25) is 0 Å². The lowest BCUT2D eigenvalue weighted by molar-refractivity contribution is 0.0740. The molecule has 1 fully saturated rings. The number of aromatic nitrogens is 1. The third kappa shape index (κ3) is 5.10. The van der Waals surface area contributed by atoms with E-state index in [0.29, 0.717) is 36.2 Å². The van der Waals surface area contributed by atoms with E-state index in [0.717, 1.165) is 10.9 Å². The highest BCUT2D eigenvalue weighted by Crippen LogP contribution is 2.29. The Labute approximate surface area is 174 Å². The largest absolute Gasteiger partial charge is 0.438 e. The predicted octanol–water partition coefficient (Wildman–Crippen LogP) is 4.29. The molecule has 5 nitrogen and oxygen atoms in total. The monoisotopic (exact) mass is 461 g/mol. The van der Waals surface area contributed by atoms with Crippen LogP contribution in [-0.2, 0) is 0 Å². The smallest absolute Gasteiger partial charge is 0.259 e. The molecule has 8 heteroatoms. The first-order chi connectivity index (χ1) is 11.6. The van der Waals surface area contributed by atoms with Gasteiger partial charge in [-0.1, -0.05) is 15.9 Å². The Kier molecular flexibility index (Phi) is 8.83. The Balaban J connectivity index is 0.00000169. The van der Waals surface area contributed by atoms with Crippen LogP contribution < -0.4 is 10.5 Å². The zero-order valence-electron chi connectivity index (χ0n) is 14.3. The minimum Gasteiger partial charge on any atom is -0.438 e. The van der Waals surface area contributed by atoms with Crippen LogP contribution in [0.5, 0.6) is 11.6 Å². The van der Waals surface area contributed by atoms with Gasteiger partial charge in [0.05, 0.1) is 0 Å². The van der Waals surface area contributed by atoms with Crippen molar-refractivity contribution in [1.82, 2.24) is 9.88 Å². The summed E-state index contributed by atoms with van der Waals surface area (Å²) in [7, 11) is 0. The number of hydrogen-bond acceptors (Lipinski definition) is 4. The lowest BCUT2D eigenvalue weighted by Crippen LogP contribution is -2.34. The average Bonchev–Trinajstić information content (AvgIpc) is 2.98. The highest BCUT2D eigenvalue weighted by molar-refractivity contribution is 9.10. The van der Waals surface area contributed by atoms with Crippen LogP contribution in [0, 0.1) is 5.92 Å². The van der Waals surface area contributed by atoms with Crippen LogP contribution in [0.15, 0.2) is 47.1 Å². The van der Waals surface area contributed by atoms with Crippen LogP contribution in [0.1, 0.15) is 23.7 Å². The molecule has 3 rings (SSSR count). The summed E-state index contributed by atoms with van der Waals surface area (Å²) in [5.74, 6) is 1.27. The van der Waals surface area contributed by atoms with E-state index in [1.165, 1.54) is 0 Å². The molecule has 26 heavy (non-hydrogen) atoms. The quantitative estimate of drug-likeness (QED) is 0.735. The lowest BCUT2D eigenvalue weighted by Gasteiger charge is -2.22. The van der Waals surface area contributed by atoms with E-state index in [-0.39, 0.29) is 36.8 Å². The van der Waals surface area contributed by atoms with Crippen molar-refractivity contribution in [3.63, 3.8) is 0 Å². The highest BCUT2D eigenvalue weighted by atomic mass is 79.9. The molecule has 2 heterocycles. The molecular weight excluding hydrogens is 441 g/mol. The number of carbonyl (C=O) groups excluding carboxylic acids is 1. The van der Waals surface area contributed by atoms with Crippen LogP contribution in [0.3, 0.4) is 0 Å². The van der Waals surface area contributed by atoms with Gasteiger partial charge < -0.3 is 15.4 Å². The molecule has 0 saturated carbocycles. The van der Waals surface area contributed by atoms with E-state index in [4.69, 9.17) is 10.5 Å². The van der Waals surface area contributed by atoms with Gasteiger partial charge in [0.1, 0.15) is 11.3 Å². The molecule has 1 aliphatic heterocycles. The van der Waals surface area contributed by atoms with Crippen molar-refractivity contribution in [1.29, 1.82) is 0 Å². The molecule has 0 spiro atoms. The molecule has 1 amide bonds. The van der Waals surface area contributed by atoms with Gasteiger partial charge in [-0.2, -0.15) is 0 Å². The lowest BCUT2D eigenvalue weighted by atomic mass is 10.1. The Morgan fingerprint density at radius 1 is 1.31 bits per heavy atom. The van der Waals surface area contributed by atoms with Crippen LogP contribution in [0.25, 0.3) is 0 Å². The summed E-state index contributed by atoms with van der Waals surface area (Å²) < 4.78 is 6.79. The molecular formula is C18H22BrCl2N3O2. The van der Waals surface area contributed by atoms with Crippen molar-refractivity contribution in [3.8, 4) is 11.6 Å². The van der Waals surface area contributed by atoms with Gasteiger partial charge in [-0.3, -0.25) is 4.79 Å². The molecule has 1 aromatic carbocycles. The van der Waals surface area contributed by atoms with E-state index >= 15 is 0 Å². The first-order valence-electron chi connectivity index (χ1n) is 7.98. The number of ether oxygens (including phenoxy) is 1. The maximum atomic E-state index is 12.9. The summed E-state index contributed by atoms with van der Waals surface area (Å²) >= 11 is 3.39. The van der Waals surface area contributed by atoms with Gasteiger partial charge in [0.15, 0.2) is 0 Å². The first-order valence-corrected chi connectivity index (χ1v) is 8.77. The predicted molar refractivity (Wildman–Crippen MR) is 111 cm³/mol.